The van der Waals surface area contributed by atoms with Crippen molar-refractivity contribution in [3.8, 4) is 0 Å². The number of rotatable bonds is 8. The number of imide groups is 2. The van der Waals surface area contributed by atoms with E-state index in [9.17, 15) is 19.2 Å². The highest BCUT2D eigenvalue weighted by molar-refractivity contribution is 6.39. The van der Waals surface area contributed by atoms with Crippen LogP contribution in [0.25, 0.3) is 10.8 Å². The zero-order chi connectivity index (χ0) is 25.6. The number of hydrogen-bond acceptors (Lipinski definition) is 4. The maximum Gasteiger partial charge on any atom is 0.265 e. The second kappa shape index (κ2) is 8.57. The highest BCUT2D eigenvalue weighted by Crippen LogP contribution is 2.40. The average molecular weight is 477 g/mol. The lowest BCUT2D eigenvalue weighted by Gasteiger charge is -2.33. The molecule has 6 heteroatoms. The predicted octanol–water partition coefficient (Wildman–Crippen LogP) is 5.49. The lowest BCUT2D eigenvalue weighted by atomic mass is 9.72. The molecular weight excluding hydrogens is 452 g/mol. The largest absolute Gasteiger partial charge is 0.288 e. The molecule has 3 aromatic carbocycles. The van der Waals surface area contributed by atoms with Gasteiger partial charge < -0.3 is 0 Å². The van der Waals surface area contributed by atoms with E-state index >= 15 is 0 Å². The molecule has 2 heterocycles. The molecule has 4 amide bonds. The molecule has 0 aromatic heterocycles. The van der Waals surface area contributed by atoms with Crippen molar-refractivity contribution in [1.82, 2.24) is 5.32 Å². The zero-order valence-electron chi connectivity index (χ0n) is 19.7. The van der Waals surface area contributed by atoms with Gasteiger partial charge in [0, 0.05) is 38.4 Å². The normalized spacial score (nSPS) is 14.6. The minimum absolute atomic E-state index is 0.258. The number of amides is 4. The van der Waals surface area contributed by atoms with Gasteiger partial charge in [0.2, 0.25) is 0 Å². The second-order valence-electron chi connectivity index (χ2n) is 9.11. The first-order valence-corrected chi connectivity index (χ1v) is 11.6. The Kier molecular flexibility index (Phi) is 5.52. The van der Waals surface area contributed by atoms with Crippen LogP contribution in [0.1, 0.15) is 66.3 Å². The summed E-state index contributed by atoms with van der Waals surface area (Å²) in [6.45, 7) is 11.7. The number of nitrogens with one attached hydrogen (secondary N) is 1. The van der Waals surface area contributed by atoms with Crippen LogP contribution < -0.4 is 10.2 Å². The third-order valence-corrected chi connectivity index (χ3v) is 7.09. The van der Waals surface area contributed by atoms with E-state index in [1.165, 1.54) is 12.1 Å². The van der Waals surface area contributed by atoms with Crippen LogP contribution in [0.4, 0.5) is 5.69 Å². The molecule has 1 N–H and O–H groups in total. The summed E-state index contributed by atoms with van der Waals surface area (Å²) in [4.78, 5) is 53.1. The Morgan fingerprint density at radius 1 is 0.639 bits per heavy atom. The van der Waals surface area contributed by atoms with Crippen molar-refractivity contribution in [2.75, 3.05) is 4.90 Å². The van der Waals surface area contributed by atoms with Crippen molar-refractivity contribution < 1.29 is 19.2 Å². The first kappa shape index (κ1) is 23.2. The zero-order valence-corrected chi connectivity index (χ0v) is 19.7. The van der Waals surface area contributed by atoms with Crippen LogP contribution in [0, 0.1) is 0 Å². The number of nitrogens with zero attached hydrogens (tertiary/aromatic N) is 1. The van der Waals surface area contributed by atoms with Gasteiger partial charge in [-0.1, -0.05) is 30.4 Å². The van der Waals surface area contributed by atoms with Gasteiger partial charge in [0.1, 0.15) is 0 Å². The van der Waals surface area contributed by atoms with Crippen LogP contribution in [-0.2, 0) is 5.41 Å². The van der Waals surface area contributed by atoms with Gasteiger partial charge in [0.05, 0.1) is 5.69 Å². The molecule has 3 aromatic rings. The lowest BCUT2D eigenvalue weighted by Crippen LogP contribution is -2.42. The summed E-state index contributed by atoms with van der Waals surface area (Å²) in [6.07, 6.45) is 7.78. The number of allylic oxidation sites excluding steroid dienone is 3. The highest BCUT2D eigenvalue weighted by Gasteiger charge is 2.38. The standard InChI is InChI=1S/C30H24N2O4/c1-4-15-30(16-5-2,17-6-3)18-7-9-19(10-8-18)32-28(35)22-13-11-20-24-21(27(34)31-26(20)33)12-14-23(25(22)24)29(32)36/h4-14H,1-3,15-17H2,(H,31,33,34). The summed E-state index contributed by atoms with van der Waals surface area (Å²) >= 11 is 0. The molecule has 6 nitrogen and oxygen atoms in total. The molecule has 0 saturated carbocycles. The minimum atomic E-state index is -0.545. The Bertz CT molecular complexity index is 1420. The second-order valence-corrected chi connectivity index (χ2v) is 9.11. The monoisotopic (exact) mass is 476 g/mol. The van der Waals surface area contributed by atoms with Crippen LogP contribution >= 0.6 is 0 Å². The molecular formula is C30H24N2O4. The molecule has 0 atom stereocenters. The van der Waals surface area contributed by atoms with E-state index < -0.39 is 23.6 Å². The van der Waals surface area contributed by atoms with Gasteiger partial charge in [-0.05, 0) is 61.2 Å². The first-order chi connectivity index (χ1) is 17.4. The molecule has 2 aliphatic rings. The Morgan fingerprint density at radius 2 is 1.06 bits per heavy atom. The molecule has 36 heavy (non-hydrogen) atoms. The maximum atomic E-state index is 13.6. The maximum absolute atomic E-state index is 13.6. The number of carbonyl (C=O) groups excluding carboxylic acids is 4. The third kappa shape index (κ3) is 3.26. The van der Waals surface area contributed by atoms with E-state index in [1.54, 1.807) is 24.3 Å². The number of carbonyl (C=O) groups is 4. The van der Waals surface area contributed by atoms with Gasteiger partial charge >= 0.3 is 0 Å². The molecule has 0 unspecified atom stereocenters. The highest BCUT2D eigenvalue weighted by atomic mass is 16.2. The van der Waals surface area contributed by atoms with Crippen molar-refractivity contribution >= 4 is 40.1 Å². The SMILES string of the molecule is C=CCC(CC=C)(CC=C)c1ccc(N2C(=O)c3ccc4c5c(ccc(c35)C2=O)C(=O)NC4=O)cc1. The Labute approximate surface area is 208 Å². The van der Waals surface area contributed by atoms with Crippen molar-refractivity contribution in [1.29, 1.82) is 0 Å². The van der Waals surface area contributed by atoms with Crippen LogP contribution in [0.15, 0.2) is 86.5 Å². The summed E-state index contributed by atoms with van der Waals surface area (Å²) in [5.41, 5.74) is 2.30. The fraction of sp³-hybridized carbons (Fsp3) is 0.133. The Hall–Kier alpha value is -4.58. The molecule has 0 saturated heterocycles. The molecule has 178 valence electrons. The summed E-state index contributed by atoms with van der Waals surface area (Å²) < 4.78 is 0. The summed E-state index contributed by atoms with van der Waals surface area (Å²) in [6, 6.07) is 13.5. The smallest absolute Gasteiger partial charge is 0.265 e. The fourth-order valence-corrected chi connectivity index (χ4v) is 5.43. The Balaban J connectivity index is 1.61. The van der Waals surface area contributed by atoms with Crippen molar-refractivity contribution in [3.63, 3.8) is 0 Å². The molecule has 2 aliphatic heterocycles. The minimum Gasteiger partial charge on any atom is -0.288 e. The quantitative estimate of drug-likeness (QED) is 0.344. The van der Waals surface area contributed by atoms with E-state index in [-0.39, 0.29) is 27.7 Å². The van der Waals surface area contributed by atoms with Gasteiger partial charge in [0.25, 0.3) is 23.6 Å². The van der Waals surface area contributed by atoms with Crippen molar-refractivity contribution in [3.05, 3.63) is 114 Å². The number of anilines is 1. The van der Waals surface area contributed by atoms with E-state index in [2.05, 4.69) is 25.1 Å². The number of benzene rings is 3. The Morgan fingerprint density at radius 3 is 1.50 bits per heavy atom. The topological polar surface area (TPSA) is 83.6 Å². The van der Waals surface area contributed by atoms with Gasteiger partial charge in [-0.25, -0.2) is 4.90 Å². The molecule has 0 radical (unpaired) electrons. The third-order valence-electron chi connectivity index (χ3n) is 7.09. The van der Waals surface area contributed by atoms with Gasteiger partial charge in [-0.3, -0.25) is 24.5 Å². The summed E-state index contributed by atoms with van der Waals surface area (Å²) in [7, 11) is 0. The molecule has 5 rings (SSSR count). The van der Waals surface area contributed by atoms with Gasteiger partial charge in [0.15, 0.2) is 0 Å². The van der Waals surface area contributed by atoms with E-state index in [0.29, 0.717) is 16.5 Å². The predicted molar refractivity (Wildman–Crippen MR) is 139 cm³/mol. The summed E-state index contributed by atoms with van der Waals surface area (Å²) in [5.74, 6) is -2.10. The number of hydrogen-bond donors (Lipinski definition) is 1. The molecule has 0 fully saturated rings. The summed E-state index contributed by atoms with van der Waals surface area (Å²) in [5, 5.41) is 2.99. The molecule has 0 aliphatic carbocycles. The van der Waals surface area contributed by atoms with Crippen LogP contribution in [-0.4, -0.2) is 23.6 Å². The van der Waals surface area contributed by atoms with Crippen LogP contribution in [0.3, 0.4) is 0 Å². The lowest BCUT2D eigenvalue weighted by molar-refractivity contribution is 0.0837. The fourth-order valence-electron chi connectivity index (χ4n) is 5.43. The first-order valence-electron chi connectivity index (χ1n) is 11.6. The van der Waals surface area contributed by atoms with Crippen LogP contribution in [0.5, 0.6) is 0 Å². The van der Waals surface area contributed by atoms with E-state index in [0.717, 1.165) is 29.7 Å². The van der Waals surface area contributed by atoms with Gasteiger partial charge in [-0.15, -0.1) is 19.7 Å². The molecule has 0 bridgehead atoms. The average Bonchev–Trinajstić information content (AvgIpc) is 2.87. The van der Waals surface area contributed by atoms with E-state index in [4.69, 9.17) is 0 Å². The van der Waals surface area contributed by atoms with Gasteiger partial charge in [-0.2, -0.15) is 0 Å². The van der Waals surface area contributed by atoms with Crippen molar-refractivity contribution in [2.24, 2.45) is 0 Å². The molecule has 0 spiro atoms. The van der Waals surface area contributed by atoms with Crippen molar-refractivity contribution in [2.45, 2.75) is 24.7 Å². The van der Waals surface area contributed by atoms with E-state index in [1.807, 2.05) is 30.4 Å². The van der Waals surface area contributed by atoms with Crippen LogP contribution in [0.2, 0.25) is 0 Å².